The fourth-order valence-corrected chi connectivity index (χ4v) is 6.22. The molecule has 2 nitrogen and oxygen atoms in total. The van der Waals surface area contributed by atoms with Gasteiger partial charge in [0.05, 0.1) is 11.2 Å². The smallest absolute Gasteiger partial charge is 0.0797 e. The topological polar surface area (TPSA) is 40.5 Å². The van der Waals surface area contributed by atoms with Crippen LogP contribution in [0.5, 0.6) is 0 Å². The molecule has 2 aliphatic carbocycles. The fourth-order valence-electron chi connectivity index (χ4n) is 5.67. The molecule has 0 radical (unpaired) electrons. The molecule has 6 atom stereocenters. The minimum Gasteiger partial charge on any atom is -0.390 e. The molecule has 0 aromatic heterocycles. The Morgan fingerprint density at radius 3 is 2.39 bits per heavy atom. The maximum absolute atomic E-state index is 11.1. The highest BCUT2D eigenvalue weighted by Crippen LogP contribution is 2.64. The molecule has 0 unspecified atom stereocenters. The van der Waals surface area contributed by atoms with Crippen LogP contribution in [0.1, 0.15) is 73.1 Å². The molecule has 0 spiro atoms. The average Bonchev–Trinajstić information content (AvgIpc) is 2.42. The summed E-state index contributed by atoms with van der Waals surface area (Å²) >= 11 is 3.91. The van der Waals surface area contributed by atoms with E-state index < -0.39 is 11.2 Å². The Morgan fingerprint density at radius 2 is 1.83 bits per heavy atom. The van der Waals surface area contributed by atoms with E-state index in [2.05, 4.69) is 43.3 Å². The van der Waals surface area contributed by atoms with Crippen molar-refractivity contribution < 1.29 is 10.2 Å². The first-order chi connectivity index (χ1) is 10.4. The summed E-state index contributed by atoms with van der Waals surface area (Å²) in [6.45, 7) is 14.7. The maximum atomic E-state index is 11.1. The third kappa shape index (κ3) is 3.43. The summed E-state index contributed by atoms with van der Waals surface area (Å²) in [4.78, 5) is 0.549. The lowest BCUT2D eigenvalue weighted by molar-refractivity contribution is -0.169. The number of halogens is 1. The van der Waals surface area contributed by atoms with Crippen LogP contribution < -0.4 is 0 Å². The molecule has 0 amide bonds. The quantitative estimate of drug-likeness (QED) is 0.522. The summed E-state index contributed by atoms with van der Waals surface area (Å²) in [5.74, 6) is 0.825. The molecule has 134 valence electrons. The molecule has 0 heterocycles. The number of hydrogen-bond donors (Lipinski definition) is 2. The molecule has 2 rings (SSSR count). The van der Waals surface area contributed by atoms with Crippen molar-refractivity contribution in [2.75, 3.05) is 0 Å². The molecule has 2 fully saturated rings. The van der Waals surface area contributed by atoms with Gasteiger partial charge in [-0.05, 0) is 75.0 Å². The van der Waals surface area contributed by atoms with Crippen molar-refractivity contribution in [1.82, 2.24) is 0 Å². The number of fused-ring (bicyclic) bond motifs is 1. The van der Waals surface area contributed by atoms with E-state index in [0.717, 1.165) is 32.1 Å². The van der Waals surface area contributed by atoms with Crippen LogP contribution >= 0.6 is 15.9 Å². The Morgan fingerprint density at radius 1 is 1.22 bits per heavy atom. The molecular weight excluding hydrogens is 352 g/mol. The van der Waals surface area contributed by atoms with E-state index in [1.807, 2.05) is 13.8 Å². The first kappa shape index (κ1) is 19.5. The van der Waals surface area contributed by atoms with Crippen molar-refractivity contribution in [2.24, 2.45) is 22.7 Å². The largest absolute Gasteiger partial charge is 0.390 e. The summed E-state index contributed by atoms with van der Waals surface area (Å²) in [5, 5.41) is 21.5. The Balaban J connectivity index is 2.31. The van der Waals surface area contributed by atoms with Crippen LogP contribution in [-0.4, -0.2) is 26.2 Å². The number of rotatable bonds is 4. The van der Waals surface area contributed by atoms with Crippen LogP contribution in [-0.2, 0) is 0 Å². The van der Waals surface area contributed by atoms with Gasteiger partial charge in [-0.15, -0.1) is 6.58 Å². The maximum Gasteiger partial charge on any atom is 0.0797 e. The predicted octanol–water partition coefficient (Wildman–Crippen LogP) is 5.07. The van der Waals surface area contributed by atoms with Crippen LogP contribution in [0.2, 0.25) is 0 Å². The van der Waals surface area contributed by atoms with E-state index >= 15 is 0 Å². The van der Waals surface area contributed by atoms with E-state index in [1.54, 1.807) is 6.08 Å². The van der Waals surface area contributed by atoms with Gasteiger partial charge in [-0.2, -0.15) is 0 Å². The first-order valence-electron chi connectivity index (χ1n) is 9.09. The second-order valence-electron chi connectivity index (χ2n) is 9.43. The van der Waals surface area contributed by atoms with E-state index in [9.17, 15) is 10.2 Å². The van der Waals surface area contributed by atoms with Gasteiger partial charge in [-0.25, -0.2) is 0 Å². The van der Waals surface area contributed by atoms with Gasteiger partial charge >= 0.3 is 0 Å². The SMILES string of the molecule is C=C[C@](C)(O)CC[C@@H]1[C@]2(C)CC[C@@H](Br)C(C)(C)[C@H]2CC[C@@]1(C)O. The van der Waals surface area contributed by atoms with Crippen molar-refractivity contribution >= 4 is 15.9 Å². The van der Waals surface area contributed by atoms with Crippen molar-refractivity contribution in [3.05, 3.63) is 12.7 Å². The van der Waals surface area contributed by atoms with Gasteiger partial charge in [0, 0.05) is 4.83 Å². The first-order valence-corrected chi connectivity index (χ1v) is 10.0. The zero-order valence-electron chi connectivity index (χ0n) is 15.5. The minimum absolute atomic E-state index is 0.132. The third-order valence-electron chi connectivity index (χ3n) is 7.30. The number of hydrogen-bond acceptors (Lipinski definition) is 2. The molecule has 23 heavy (non-hydrogen) atoms. The zero-order chi connectivity index (χ0) is 17.7. The van der Waals surface area contributed by atoms with Gasteiger partial charge < -0.3 is 10.2 Å². The van der Waals surface area contributed by atoms with Crippen molar-refractivity contribution in [2.45, 2.75) is 89.2 Å². The van der Waals surface area contributed by atoms with E-state index in [4.69, 9.17) is 0 Å². The van der Waals surface area contributed by atoms with E-state index in [0.29, 0.717) is 17.2 Å². The van der Waals surface area contributed by atoms with Crippen LogP contribution in [0, 0.1) is 22.7 Å². The predicted molar refractivity (Wildman–Crippen MR) is 101 cm³/mol. The van der Waals surface area contributed by atoms with Gasteiger partial charge in [0.25, 0.3) is 0 Å². The number of aliphatic hydroxyl groups is 2. The van der Waals surface area contributed by atoms with E-state index in [1.165, 1.54) is 0 Å². The fraction of sp³-hybridized carbons (Fsp3) is 0.900. The molecule has 2 N–H and O–H groups in total. The summed E-state index contributed by atoms with van der Waals surface area (Å²) in [7, 11) is 0. The Bertz CT molecular complexity index is 455. The highest BCUT2D eigenvalue weighted by Gasteiger charge is 2.59. The minimum atomic E-state index is -0.846. The molecular formula is C20H35BrO2. The molecule has 2 aliphatic rings. The molecule has 0 bridgehead atoms. The van der Waals surface area contributed by atoms with Crippen LogP contribution in [0.25, 0.3) is 0 Å². The van der Waals surface area contributed by atoms with Crippen LogP contribution in [0.3, 0.4) is 0 Å². The lowest BCUT2D eigenvalue weighted by Gasteiger charge is -2.62. The van der Waals surface area contributed by atoms with Crippen LogP contribution in [0.15, 0.2) is 12.7 Å². The Labute approximate surface area is 150 Å². The lowest BCUT2D eigenvalue weighted by atomic mass is 9.45. The zero-order valence-corrected chi connectivity index (χ0v) is 17.1. The van der Waals surface area contributed by atoms with Crippen LogP contribution in [0.4, 0.5) is 0 Å². The van der Waals surface area contributed by atoms with Gasteiger partial charge in [-0.1, -0.05) is 42.8 Å². The van der Waals surface area contributed by atoms with Gasteiger partial charge in [0.2, 0.25) is 0 Å². The molecule has 0 saturated heterocycles. The summed E-state index contributed by atoms with van der Waals surface area (Å²) in [6.07, 6.45) is 7.40. The second kappa shape index (κ2) is 6.14. The molecule has 0 aromatic rings. The van der Waals surface area contributed by atoms with Gasteiger partial charge in [0.15, 0.2) is 0 Å². The Hall–Kier alpha value is 0.140. The van der Waals surface area contributed by atoms with Crippen molar-refractivity contribution in [1.29, 1.82) is 0 Å². The van der Waals surface area contributed by atoms with Gasteiger partial charge in [-0.3, -0.25) is 0 Å². The normalized spacial score (nSPS) is 45.8. The summed E-state index contributed by atoms with van der Waals surface area (Å²) < 4.78 is 0. The molecule has 0 aromatic carbocycles. The highest BCUT2D eigenvalue weighted by molar-refractivity contribution is 9.09. The molecule has 2 saturated carbocycles. The monoisotopic (exact) mass is 386 g/mol. The van der Waals surface area contributed by atoms with E-state index in [-0.39, 0.29) is 16.7 Å². The summed E-state index contributed by atoms with van der Waals surface area (Å²) in [5.41, 5.74) is -1.12. The van der Waals surface area contributed by atoms with Gasteiger partial charge in [0.1, 0.15) is 0 Å². The van der Waals surface area contributed by atoms with Crippen molar-refractivity contribution in [3.63, 3.8) is 0 Å². The Kier molecular flexibility index (Phi) is 5.20. The molecule has 0 aliphatic heterocycles. The third-order valence-corrected chi connectivity index (χ3v) is 8.94. The second-order valence-corrected chi connectivity index (χ2v) is 10.5. The molecule has 3 heteroatoms. The average molecular weight is 387 g/mol. The lowest BCUT2D eigenvalue weighted by Crippen LogP contribution is -2.59. The number of alkyl halides is 1. The standard InChI is InChI=1S/C20H35BrO2/c1-7-18(4,22)11-8-15-19(5)12-10-16(21)17(2,3)14(19)9-13-20(15,6)23/h7,14-16,22-23H,1,8-13H2,2-6H3/t14-,15-,16-,18+,19-,20-/m1/s1. The summed E-state index contributed by atoms with van der Waals surface area (Å²) in [6, 6.07) is 0. The highest BCUT2D eigenvalue weighted by atomic mass is 79.9. The van der Waals surface area contributed by atoms with Crippen molar-refractivity contribution in [3.8, 4) is 0 Å².